The Hall–Kier alpha value is -2.70. The van der Waals surface area contributed by atoms with Gasteiger partial charge in [0.2, 0.25) is 0 Å². The van der Waals surface area contributed by atoms with E-state index >= 15 is 0 Å². The monoisotopic (exact) mass is 292 g/mol. The van der Waals surface area contributed by atoms with Crippen molar-refractivity contribution in [1.82, 2.24) is 5.32 Å². The molecule has 1 rings (SSSR count). The number of nitro benzene ring substituents is 1. The van der Waals surface area contributed by atoms with Crippen molar-refractivity contribution in [3.05, 3.63) is 46.0 Å². The SMILES string of the molecule is CC(C)NC(=O)COC(=O)C=Cc1cccc([N+](=O)[O-])c1. The molecule has 1 aromatic rings. The lowest BCUT2D eigenvalue weighted by atomic mass is 10.2. The Morgan fingerprint density at radius 3 is 2.76 bits per heavy atom. The number of nitrogens with one attached hydrogen (secondary N) is 1. The third-order valence-corrected chi connectivity index (χ3v) is 2.29. The maximum atomic E-state index is 11.4. The van der Waals surface area contributed by atoms with Crippen LogP contribution in [0.15, 0.2) is 30.3 Å². The average Bonchev–Trinajstić information content (AvgIpc) is 2.42. The molecule has 0 atom stereocenters. The molecular weight excluding hydrogens is 276 g/mol. The fourth-order valence-corrected chi connectivity index (χ4v) is 1.45. The van der Waals surface area contributed by atoms with Crippen LogP contribution in [0.2, 0.25) is 0 Å². The van der Waals surface area contributed by atoms with Crippen molar-refractivity contribution in [3.8, 4) is 0 Å². The minimum absolute atomic E-state index is 0.0309. The Bertz CT molecular complexity index is 566. The van der Waals surface area contributed by atoms with Crippen molar-refractivity contribution < 1.29 is 19.2 Å². The Balaban J connectivity index is 2.52. The lowest BCUT2D eigenvalue weighted by Gasteiger charge is -2.07. The number of ether oxygens (including phenoxy) is 1. The number of benzene rings is 1. The first-order valence-corrected chi connectivity index (χ1v) is 6.27. The van der Waals surface area contributed by atoms with Crippen LogP contribution < -0.4 is 5.32 Å². The molecule has 0 spiro atoms. The van der Waals surface area contributed by atoms with E-state index in [1.165, 1.54) is 24.3 Å². The molecule has 7 heteroatoms. The van der Waals surface area contributed by atoms with E-state index in [9.17, 15) is 19.7 Å². The molecular formula is C14H16N2O5. The zero-order valence-electron chi connectivity index (χ0n) is 11.7. The summed E-state index contributed by atoms with van der Waals surface area (Å²) in [5, 5.41) is 13.2. The van der Waals surface area contributed by atoms with Gasteiger partial charge in [-0.05, 0) is 25.5 Å². The first-order chi connectivity index (χ1) is 9.88. The van der Waals surface area contributed by atoms with E-state index in [2.05, 4.69) is 5.32 Å². The number of nitro groups is 1. The van der Waals surface area contributed by atoms with Gasteiger partial charge in [-0.2, -0.15) is 0 Å². The summed E-state index contributed by atoms with van der Waals surface area (Å²) in [6.07, 6.45) is 2.50. The van der Waals surface area contributed by atoms with Gasteiger partial charge in [0.1, 0.15) is 0 Å². The van der Waals surface area contributed by atoms with Gasteiger partial charge in [-0.25, -0.2) is 4.79 Å². The Labute approximate surface area is 121 Å². The van der Waals surface area contributed by atoms with Crippen LogP contribution in [0, 0.1) is 10.1 Å². The summed E-state index contributed by atoms with van der Waals surface area (Å²) >= 11 is 0. The van der Waals surface area contributed by atoms with Crippen LogP contribution in [0.25, 0.3) is 6.08 Å². The smallest absolute Gasteiger partial charge is 0.331 e. The summed E-state index contributed by atoms with van der Waals surface area (Å²) in [4.78, 5) is 32.7. The molecule has 0 heterocycles. The molecule has 0 saturated carbocycles. The van der Waals surface area contributed by atoms with Gasteiger partial charge >= 0.3 is 5.97 Å². The minimum atomic E-state index is -0.694. The molecule has 0 saturated heterocycles. The molecule has 0 aliphatic heterocycles. The molecule has 7 nitrogen and oxygen atoms in total. The molecule has 0 aliphatic carbocycles. The van der Waals surface area contributed by atoms with Gasteiger partial charge < -0.3 is 10.1 Å². The third kappa shape index (κ3) is 6.33. The van der Waals surface area contributed by atoms with Gasteiger partial charge in [0, 0.05) is 24.3 Å². The summed E-state index contributed by atoms with van der Waals surface area (Å²) in [6.45, 7) is 3.22. The number of carbonyl (C=O) groups excluding carboxylic acids is 2. The first-order valence-electron chi connectivity index (χ1n) is 6.27. The molecule has 0 radical (unpaired) electrons. The predicted octanol–water partition coefficient (Wildman–Crippen LogP) is 1.68. The maximum Gasteiger partial charge on any atom is 0.331 e. The predicted molar refractivity (Wildman–Crippen MR) is 76.4 cm³/mol. The second-order valence-electron chi connectivity index (χ2n) is 4.52. The first kappa shape index (κ1) is 16.4. The fourth-order valence-electron chi connectivity index (χ4n) is 1.45. The van der Waals surface area contributed by atoms with E-state index < -0.39 is 10.9 Å². The summed E-state index contributed by atoms with van der Waals surface area (Å²) in [6, 6.07) is 5.78. The molecule has 0 unspecified atom stereocenters. The number of non-ortho nitro benzene ring substituents is 1. The summed E-state index contributed by atoms with van der Waals surface area (Å²) < 4.78 is 4.73. The zero-order chi connectivity index (χ0) is 15.8. The van der Waals surface area contributed by atoms with Gasteiger partial charge in [-0.1, -0.05) is 12.1 Å². The van der Waals surface area contributed by atoms with Crippen LogP contribution in [0.4, 0.5) is 5.69 Å². The number of nitrogens with zero attached hydrogens (tertiary/aromatic N) is 1. The van der Waals surface area contributed by atoms with Gasteiger partial charge in [0.05, 0.1) is 4.92 Å². The number of carbonyl (C=O) groups is 2. The van der Waals surface area contributed by atoms with Gasteiger partial charge in [0.15, 0.2) is 6.61 Å². The number of hydrogen-bond donors (Lipinski definition) is 1. The standard InChI is InChI=1S/C14H16N2O5/c1-10(2)15-13(17)9-21-14(18)7-6-11-4-3-5-12(8-11)16(19)20/h3-8,10H,9H2,1-2H3,(H,15,17). The normalized spacial score (nSPS) is 10.6. The third-order valence-electron chi connectivity index (χ3n) is 2.29. The van der Waals surface area contributed by atoms with Crippen LogP contribution >= 0.6 is 0 Å². The molecule has 112 valence electrons. The van der Waals surface area contributed by atoms with E-state index in [1.807, 2.05) is 0 Å². The van der Waals surface area contributed by atoms with Crippen LogP contribution in [0.5, 0.6) is 0 Å². The highest BCUT2D eigenvalue weighted by molar-refractivity contribution is 5.89. The maximum absolute atomic E-state index is 11.4. The molecule has 0 fully saturated rings. The lowest BCUT2D eigenvalue weighted by molar-refractivity contribution is -0.384. The second kappa shape index (κ2) is 7.78. The molecule has 0 aliphatic rings. The van der Waals surface area contributed by atoms with E-state index in [0.717, 1.165) is 6.08 Å². The molecule has 0 aromatic heterocycles. The van der Waals surface area contributed by atoms with Crippen LogP contribution in [-0.2, 0) is 14.3 Å². The van der Waals surface area contributed by atoms with Crippen LogP contribution in [0.3, 0.4) is 0 Å². The Morgan fingerprint density at radius 1 is 1.43 bits per heavy atom. The quantitative estimate of drug-likeness (QED) is 0.372. The van der Waals surface area contributed by atoms with Crippen LogP contribution in [-0.4, -0.2) is 29.4 Å². The van der Waals surface area contributed by atoms with Crippen molar-refractivity contribution in [2.75, 3.05) is 6.61 Å². The molecule has 0 bridgehead atoms. The topological polar surface area (TPSA) is 98.5 Å². The zero-order valence-corrected chi connectivity index (χ0v) is 11.7. The fraction of sp³-hybridized carbons (Fsp3) is 0.286. The van der Waals surface area contributed by atoms with Crippen molar-refractivity contribution in [2.45, 2.75) is 19.9 Å². The summed E-state index contributed by atoms with van der Waals surface area (Å²) in [7, 11) is 0. The van der Waals surface area contributed by atoms with Crippen molar-refractivity contribution in [3.63, 3.8) is 0 Å². The van der Waals surface area contributed by atoms with Crippen molar-refractivity contribution in [1.29, 1.82) is 0 Å². The minimum Gasteiger partial charge on any atom is -0.452 e. The Kier molecular flexibility index (Phi) is 6.06. The van der Waals surface area contributed by atoms with Gasteiger partial charge in [-0.15, -0.1) is 0 Å². The average molecular weight is 292 g/mol. The largest absolute Gasteiger partial charge is 0.452 e. The molecule has 1 N–H and O–H groups in total. The molecule has 1 aromatic carbocycles. The van der Waals surface area contributed by atoms with Gasteiger partial charge in [-0.3, -0.25) is 14.9 Å². The number of hydrogen-bond acceptors (Lipinski definition) is 5. The van der Waals surface area contributed by atoms with Crippen LogP contribution in [0.1, 0.15) is 19.4 Å². The van der Waals surface area contributed by atoms with Gasteiger partial charge in [0.25, 0.3) is 11.6 Å². The number of amides is 1. The van der Waals surface area contributed by atoms with Crippen molar-refractivity contribution >= 4 is 23.6 Å². The molecule has 21 heavy (non-hydrogen) atoms. The summed E-state index contributed by atoms with van der Waals surface area (Å²) in [5.74, 6) is -1.08. The summed E-state index contributed by atoms with van der Waals surface area (Å²) in [5.41, 5.74) is 0.426. The van der Waals surface area contributed by atoms with Crippen molar-refractivity contribution in [2.24, 2.45) is 0 Å². The second-order valence-corrected chi connectivity index (χ2v) is 4.52. The van der Waals surface area contributed by atoms with E-state index in [1.54, 1.807) is 19.9 Å². The highest BCUT2D eigenvalue weighted by Crippen LogP contribution is 2.14. The van der Waals surface area contributed by atoms with E-state index in [4.69, 9.17) is 4.74 Å². The lowest BCUT2D eigenvalue weighted by Crippen LogP contribution is -2.33. The number of esters is 1. The highest BCUT2D eigenvalue weighted by Gasteiger charge is 2.07. The highest BCUT2D eigenvalue weighted by atomic mass is 16.6. The number of rotatable bonds is 6. The van der Waals surface area contributed by atoms with E-state index in [-0.39, 0.29) is 24.2 Å². The molecule has 1 amide bonds. The van der Waals surface area contributed by atoms with E-state index in [0.29, 0.717) is 5.56 Å². The Morgan fingerprint density at radius 2 is 2.14 bits per heavy atom.